The Labute approximate surface area is 178 Å². The average Bonchev–Trinajstić information content (AvgIpc) is 3.40. The summed E-state index contributed by atoms with van der Waals surface area (Å²) in [7, 11) is 1.63. The summed E-state index contributed by atoms with van der Waals surface area (Å²) >= 11 is 7.68. The molecule has 29 heavy (non-hydrogen) atoms. The van der Waals surface area contributed by atoms with Gasteiger partial charge in [-0.05, 0) is 48.7 Å². The molecule has 150 valence electrons. The summed E-state index contributed by atoms with van der Waals surface area (Å²) in [5.41, 5.74) is 1.64. The van der Waals surface area contributed by atoms with Crippen molar-refractivity contribution >= 4 is 50.3 Å². The number of benzene rings is 2. The molecule has 1 unspecified atom stereocenters. The molecule has 1 aliphatic rings. The Morgan fingerprint density at radius 2 is 2.24 bits per heavy atom. The minimum atomic E-state index is -0.147. The highest BCUT2D eigenvalue weighted by molar-refractivity contribution is 7.22. The van der Waals surface area contributed by atoms with Gasteiger partial charge in [0.25, 0.3) is 5.91 Å². The fourth-order valence-electron chi connectivity index (χ4n) is 3.25. The lowest BCUT2D eigenvalue weighted by Gasteiger charge is -2.21. The number of anilines is 1. The van der Waals surface area contributed by atoms with Crippen molar-refractivity contribution in [1.82, 2.24) is 4.98 Å². The Bertz CT molecular complexity index is 1040. The van der Waals surface area contributed by atoms with Crippen LogP contribution in [0.3, 0.4) is 0 Å². The lowest BCUT2D eigenvalue weighted by Crippen LogP contribution is -2.36. The summed E-state index contributed by atoms with van der Waals surface area (Å²) in [5.74, 6) is 0.620. The largest absolute Gasteiger partial charge is 0.497 e. The number of methoxy groups -OCH3 is 1. The molecule has 2 heterocycles. The number of aromatic nitrogens is 1. The smallest absolute Gasteiger partial charge is 0.252 e. The SMILES string of the molecule is COc1ccc2nc(N(CC3CCCO3)C(=O)/C=C/c3ccccc3Cl)sc2c1. The van der Waals surface area contributed by atoms with E-state index < -0.39 is 0 Å². The van der Waals surface area contributed by atoms with E-state index in [2.05, 4.69) is 4.98 Å². The van der Waals surface area contributed by atoms with Crippen molar-refractivity contribution < 1.29 is 14.3 Å². The fourth-order valence-corrected chi connectivity index (χ4v) is 4.46. The van der Waals surface area contributed by atoms with E-state index in [4.69, 9.17) is 21.1 Å². The first-order valence-corrected chi connectivity index (χ1v) is 10.6. The number of hydrogen-bond donors (Lipinski definition) is 0. The van der Waals surface area contributed by atoms with Gasteiger partial charge in [-0.15, -0.1) is 0 Å². The highest BCUT2D eigenvalue weighted by Crippen LogP contribution is 2.32. The van der Waals surface area contributed by atoms with Crippen LogP contribution in [0.1, 0.15) is 18.4 Å². The molecule has 1 amide bonds. The Morgan fingerprint density at radius 1 is 1.38 bits per heavy atom. The first-order valence-electron chi connectivity index (χ1n) is 9.44. The number of amides is 1. The van der Waals surface area contributed by atoms with E-state index in [-0.39, 0.29) is 12.0 Å². The second-order valence-corrected chi connectivity index (χ2v) is 8.19. The maximum absolute atomic E-state index is 13.1. The molecule has 2 aromatic carbocycles. The number of halogens is 1. The molecule has 0 spiro atoms. The predicted octanol–water partition coefficient (Wildman–Crippen LogP) is 5.18. The third-order valence-electron chi connectivity index (χ3n) is 4.80. The normalized spacial score (nSPS) is 16.6. The Morgan fingerprint density at radius 3 is 3.00 bits per heavy atom. The highest BCUT2D eigenvalue weighted by Gasteiger charge is 2.25. The van der Waals surface area contributed by atoms with E-state index in [0.717, 1.165) is 41.0 Å². The molecule has 0 aliphatic carbocycles. The fraction of sp³-hybridized carbons (Fsp3) is 0.273. The molecule has 0 radical (unpaired) electrons. The van der Waals surface area contributed by atoms with Crippen LogP contribution in [0.4, 0.5) is 5.13 Å². The van der Waals surface area contributed by atoms with Gasteiger partial charge in [-0.1, -0.05) is 41.1 Å². The maximum atomic E-state index is 13.1. The average molecular weight is 429 g/mol. The topological polar surface area (TPSA) is 51.7 Å². The first-order chi connectivity index (χ1) is 14.1. The van der Waals surface area contributed by atoms with E-state index in [1.165, 1.54) is 11.3 Å². The van der Waals surface area contributed by atoms with Gasteiger partial charge in [0.15, 0.2) is 5.13 Å². The van der Waals surface area contributed by atoms with Crippen LogP contribution in [-0.2, 0) is 9.53 Å². The lowest BCUT2D eigenvalue weighted by molar-refractivity contribution is -0.114. The second-order valence-electron chi connectivity index (χ2n) is 6.77. The van der Waals surface area contributed by atoms with Gasteiger partial charge in [-0.2, -0.15) is 0 Å². The summed E-state index contributed by atoms with van der Waals surface area (Å²) in [6.45, 7) is 1.21. The lowest BCUT2D eigenvalue weighted by atomic mass is 10.2. The molecular weight excluding hydrogens is 408 g/mol. The number of nitrogens with zero attached hydrogens (tertiary/aromatic N) is 2. The molecule has 7 heteroatoms. The number of thiazole rings is 1. The van der Waals surface area contributed by atoms with Gasteiger partial charge < -0.3 is 9.47 Å². The van der Waals surface area contributed by atoms with E-state index >= 15 is 0 Å². The van der Waals surface area contributed by atoms with Crippen LogP contribution in [0.25, 0.3) is 16.3 Å². The van der Waals surface area contributed by atoms with Crippen LogP contribution < -0.4 is 9.64 Å². The molecule has 4 rings (SSSR count). The molecule has 5 nitrogen and oxygen atoms in total. The molecule has 3 aromatic rings. The number of ether oxygens (including phenoxy) is 2. The molecule has 1 saturated heterocycles. The summed E-state index contributed by atoms with van der Waals surface area (Å²) in [4.78, 5) is 19.5. The summed E-state index contributed by atoms with van der Waals surface area (Å²) in [6, 6.07) is 13.1. The van der Waals surface area contributed by atoms with Crippen LogP contribution in [-0.4, -0.2) is 37.3 Å². The zero-order valence-corrected chi connectivity index (χ0v) is 17.6. The van der Waals surface area contributed by atoms with Crippen LogP contribution in [0.2, 0.25) is 5.02 Å². The Kier molecular flexibility index (Phi) is 6.13. The number of carbonyl (C=O) groups is 1. The molecule has 0 saturated carbocycles. The summed E-state index contributed by atoms with van der Waals surface area (Å²) in [5, 5.41) is 1.26. The molecule has 1 fully saturated rings. The van der Waals surface area contributed by atoms with E-state index in [9.17, 15) is 4.79 Å². The Hall–Kier alpha value is -2.41. The maximum Gasteiger partial charge on any atom is 0.252 e. The van der Waals surface area contributed by atoms with E-state index in [1.807, 2.05) is 36.4 Å². The van der Waals surface area contributed by atoms with Gasteiger partial charge in [0.2, 0.25) is 0 Å². The van der Waals surface area contributed by atoms with Crippen molar-refractivity contribution in [2.45, 2.75) is 18.9 Å². The van der Waals surface area contributed by atoms with Crippen LogP contribution in [0.5, 0.6) is 5.75 Å². The van der Waals surface area contributed by atoms with E-state index in [1.54, 1.807) is 30.2 Å². The van der Waals surface area contributed by atoms with Crippen molar-refractivity contribution in [2.75, 3.05) is 25.2 Å². The number of fused-ring (bicyclic) bond motifs is 1. The number of carbonyl (C=O) groups excluding carboxylic acids is 1. The van der Waals surface area contributed by atoms with Crippen molar-refractivity contribution in [1.29, 1.82) is 0 Å². The first kappa shape index (κ1) is 19.9. The van der Waals surface area contributed by atoms with Gasteiger partial charge in [0, 0.05) is 17.7 Å². The minimum absolute atomic E-state index is 0.0224. The molecular formula is C22H21ClN2O3S. The predicted molar refractivity (Wildman–Crippen MR) is 118 cm³/mol. The minimum Gasteiger partial charge on any atom is -0.497 e. The van der Waals surface area contributed by atoms with Crippen molar-refractivity contribution in [3.63, 3.8) is 0 Å². The number of rotatable bonds is 6. The molecule has 1 aliphatic heterocycles. The third kappa shape index (κ3) is 4.61. The Balaban J connectivity index is 1.63. The zero-order valence-electron chi connectivity index (χ0n) is 16.0. The van der Waals surface area contributed by atoms with Crippen LogP contribution in [0, 0.1) is 0 Å². The quantitative estimate of drug-likeness (QED) is 0.507. The van der Waals surface area contributed by atoms with Gasteiger partial charge in [-0.3, -0.25) is 9.69 Å². The standard InChI is InChI=1S/C22H21ClN2O3S/c1-27-16-9-10-19-20(13-16)29-22(24-19)25(14-17-6-4-12-28-17)21(26)11-8-15-5-2-3-7-18(15)23/h2-3,5,7-11,13,17H,4,6,12,14H2,1H3/b11-8+. The van der Waals surface area contributed by atoms with Gasteiger partial charge in [-0.25, -0.2) is 4.98 Å². The summed E-state index contributed by atoms with van der Waals surface area (Å²) < 4.78 is 12.0. The van der Waals surface area contributed by atoms with Gasteiger partial charge in [0.05, 0.1) is 30.0 Å². The monoisotopic (exact) mass is 428 g/mol. The molecule has 0 bridgehead atoms. The highest BCUT2D eigenvalue weighted by atomic mass is 35.5. The van der Waals surface area contributed by atoms with Gasteiger partial charge in [0.1, 0.15) is 5.75 Å². The molecule has 0 N–H and O–H groups in total. The summed E-state index contributed by atoms with van der Waals surface area (Å²) in [6.07, 6.45) is 5.26. The van der Waals surface area contributed by atoms with E-state index in [0.29, 0.717) is 16.7 Å². The number of hydrogen-bond acceptors (Lipinski definition) is 5. The third-order valence-corrected chi connectivity index (χ3v) is 6.19. The molecule has 1 aromatic heterocycles. The second kappa shape index (κ2) is 8.95. The van der Waals surface area contributed by atoms with Crippen molar-refractivity contribution in [2.24, 2.45) is 0 Å². The van der Waals surface area contributed by atoms with Crippen molar-refractivity contribution in [3.05, 3.63) is 59.1 Å². The van der Waals surface area contributed by atoms with Crippen LogP contribution in [0.15, 0.2) is 48.5 Å². The van der Waals surface area contributed by atoms with Gasteiger partial charge >= 0.3 is 0 Å². The van der Waals surface area contributed by atoms with Crippen molar-refractivity contribution in [3.8, 4) is 5.75 Å². The zero-order chi connectivity index (χ0) is 20.2. The molecule has 1 atom stereocenters. The van der Waals surface area contributed by atoms with Crippen LogP contribution >= 0.6 is 22.9 Å².